The average Bonchev–Trinajstić information content (AvgIpc) is 3.34. The van der Waals surface area contributed by atoms with E-state index in [2.05, 4.69) is 34.9 Å². The van der Waals surface area contributed by atoms with Gasteiger partial charge in [-0.3, -0.25) is 9.59 Å². The third-order valence-electron chi connectivity index (χ3n) is 7.03. The summed E-state index contributed by atoms with van der Waals surface area (Å²) in [4.78, 5) is 26.7. The molecular weight excluding hydrogens is 518 g/mol. The Kier molecular flexibility index (Phi) is 8.71. The lowest BCUT2D eigenvalue weighted by Crippen LogP contribution is -2.41. The highest BCUT2D eigenvalue weighted by Gasteiger charge is 2.38. The minimum atomic E-state index is -0.880. The molecule has 4 aromatic carbocycles. The van der Waals surface area contributed by atoms with Crippen molar-refractivity contribution in [3.63, 3.8) is 0 Å². The molecule has 0 atom stereocenters. The van der Waals surface area contributed by atoms with Crippen molar-refractivity contribution in [3.8, 4) is 0 Å². The highest BCUT2D eigenvalue weighted by molar-refractivity contribution is 8.00. The van der Waals surface area contributed by atoms with Crippen LogP contribution in [0.25, 0.3) is 0 Å². The number of benzene rings is 4. The van der Waals surface area contributed by atoms with Gasteiger partial charge in [0.15, 0.2) is 4.99 Å². The number of thioether (sulfide) groups is 1. The smallest absolute Gasteiger partial charge is 0.308 e. The van der Waals surface area contributed by atoms with Gasteiger partial charge in [0.2, 0.25) is 5.91 Å². The van der Waals surface area contributed by atoms with E-state index < -0.39 is 11.0 Å². The number of amides is 1. The van der Waals surface area contributed by atoms with Crippen LogP contribution in [0.15, 0.2) is 115 Å². The summed E-state index contributed by atoms with van der Waals surface area (Å²) in [5, 5.41) is 16.4. The van der Waals surface area contributed by atoms with E-state index in [0.29, 0.717) is 25.1 Å². The van der Waals surface area contributed by atoms with Crippen LogP contribution in [0.2, 0.25) is 0 Å². The monoisotopic (exact) mass is 551 g/mol. The largest absolute Gasteiger partial charge is 0.481 e. The summed E-state index contributed by atoms with van der Waals surface area (Å²) in [6.45, 7) is 0.530. The molecule has 0 saturated carbocycles. The van der Waals surface area contributed by atoms with Crippen LogP contribution in [0.3, 0.4) is 0 Å². The number of aliphatic carboxylic acids is 1. The zero-order chi connectivity index (χ0) is 27.8. The van der Waals surface area contributed by atoms with Gasteiger partial charge < -0.3 is 20.6 Å². The van der Waals surface area contributed by atoms with Crippen LogP contribution >= 0.6 is 11.8 Å². The lowest BCUT2D eigenvalue weighted by atomic mass is 9.88. The van der Waals surface area contributed by atoms with Crippen molar-refractivity contribution >= 4 is 40.7 Å². The molecule has 0 spiro atoms. The van der Waals surface area contributed by atoms with Crippen LogP contribution in [0.1, 0.15) is 36.3 Å². The molecule has 7 heteroatoms. The molecule has 0 fully saturated rings. The first kappa shape index (κ1) is 27.3. The van der Waals surface area contributed by atoms with Gasteiger partial charge in [0.25, 0.3) is 0 Å². The lowest BCUT2D eigenvalue weighted by Gasteiger charge is -2.30. The van der Waals surface area contributed by atoms with Crippen LogP contribution in [0.5, 0.6) is 0 Å². The first-order chi connectivity index (χ1) is 19.5. The average molecular weight is 552 g/mol. The number of fused-ring (bicyclic) bond motifs is 1. The standard InChI is InChI=1S/C33H33N3O3S/c37-31(23-28(25-13-4-1-5-14-25)26-15-6-2-7-16-26)36(27-17-8-3-9-18-27)21-12-22-40-33(24-32(38)39)34-29-19-10-11-20-30(29)35-33/h1-11,13-20,28,34-35H,12,21-24H2,(H,38,39). The fourth-order valence-corrected chi connectivity index (χ4v) is 6.36. The van der Waals surface area contributed by atoms with Crippen LogP contribution in [-0.2, 0) is 9.59 Å². The van der Waals surface area contributed by atoms with Gasteiger partial charge in [-0.15, -0.1) is 11.8 Å². The first-order valence-corrected chi connectivity index (χ1v) is 14.5. The minimum absolute atomic E-state index is 0.0543. The maximum Gasteiger partial charge on any atom is 0.308 e. The van der Waals surface area contributed by atoms with Crippen molar-refractivity contribution < 1.29 is 14.7 Å². The van der Waals surface area contributed by atoms with Gasteiger partial charge in [-0.2, -0.15) is 0 Å². The molecule has 1 aliphatic heterocycles. The number of carboxylic acids is 1. The van der Waals surface area contributed by atoms with Crippen molar-refractivity contribution in [1.29, 1.82) is 0 Å². The van der Waals surface area contributed by atoms with Gasteiger partial charge in [0.1, 0.15) is 0 Å². The summed E-state index contributed by atoms with van der Waals surface area (Å²) in [6.07, 6.45) is 0.967. The number of anilines is 3. The van der Waals surface area contributed by atoms with E-state index >= 15 is 0 Å². The Balaban J connectivity index is 1.30. The summed E-state index contributed by atoms with van der Waals surface area (Å²) in [5.41, 5.74) is 4.87. The first-order valence-electron chi connectivity index (χ1n) is 13.5. The van der Waals surface area contributed by atoms with Crippen LogP contribution in [0.4, 0.5) is 17.1 Å². The molecule has 204 valence electrons. The van der Waals surface area contributed by atoms with Crippen LogP contribution in [-0.4, -0.2) is 34.3 Å². The fraction of sp³-hybridized carbons (Fsp3) is 0.212. The maximum absolute atomic E-state index is 13.9. The van der Waals surface area contributed by atoms with E-state index in [-0.39, 0.29) is 18.2 Å². The Morgan fingerprint density at radius 2 is 1.25 bits per heavy atom. The summed E-state index contributed by atoms with van der Waals surface area (Å²) < 4.78 is 0. The van der Waals surface area contributed by atoms with E-state index in [0.717, 1.165) is 28.2 Å². The Morgan fingerprint density at radius 1 is 0.750 bits per heavy atom. The Bertz CT molecular complexity index is 1350. The predicted molar refractivity (Wildman–Crippen MR) is 164 cm³/mol. The van der Waals surface area contributed by atoms with Gasteiger partial charge in [0.05, 0.1) is 17.8 Å². The van der Waals surface area contributed by atoms with E-state index in [1.54, 1.807) is 0 Å². The molecule has 0 aromatic heterocycles. The van der Waals surface area contributed by atoms with Gasteiger partial charge in [0, 0.05) is 24.6 Å². The van der Waals surface area contributed by atoms with Crippen molar-refractivity contribution in [3.05, 3.63) is 126 Å². The molecule has 3 N–H and O–H groups in total. The third kappa shape index (κ3) is 6.66. The number of nitrogens with zero attached hydrogens (tertiary/aromatic N) is 1. The second-order valence-corrected chi connectivity index (χ2v) is 11.2. The van der Waals surface area contributed by atoms with Gasteiger partial charge >= 0.3 is 5.97 Å². The Morgan fingerprint density at radius 3 is 1.77 bits per heavy atom. The van der Waals surface area contributed by atoms with E-state index in [1.807, 2.05) is 95.9 Å². The van der Waals surface area contributed by atoms with Gasteiger partial charge in [-0.25, -0.2) is 0 Å². The summed E-state index contributed by atoms with van der Waals surface area (Å²) in [6, 6.07) is 37.9. The van der Waals surface area contributed by atoms with Crippen LogP contribution < -0.4 is 15.5 Å². The summed E-state index contributed by atoms with van der Waals surface area (Å²) in [5.74, 6) is -0.216. The van der Waals surface area contributed by atoms with Crippen molar-refractivity contribution in [2.75, 3.05) is 27.8 Å². The molecular formula is C33H33N3O3S. The highest BCUT2D eigenvalue weighted by Crippen LogP contribution is 2.42. The number of nitrogens with one attached hydrogen (secondary N) is 2. The molecule has 5 rings (SSSR count). The highest BCUT2D eigenvalue weighted by atomic mass is 32.2. The third-order valence-corrected chi connectivity index (χ3v) is 8.36. The predicted octanol–water partition coefficient (Wildman–Crippen LogP) is 7.03. The number of para-hydroxylation sites is 3. The van der Waals surface area contributed by atoms with E-state index in [1.165, 1.54) is 11.8 Å². The Labute approximate surface area is 239 Å². The second-order valence-electron chi connectivity index (χ2n) is 9.85. The van der Waals surface area contributed by atoms with Gasteiger partial charge in [-0.1, -0.05) is 91.0 Å². The molecule has 0 saturated heterocycles. The molecule has 0 radical (unpaired) electrons. The lowest BCUT2D eigenvalue weighted by molar-refractivity contribution is -0.137. The van der Waals surface area contributed by atoms with Crippen molar-refractivity contribution in [1.82, 2.24) is 0 Å². The number of hydrogen-bond acceptors (Lipinski definition) is 5. The fourth-order valence-electron chi connectivity index (χ4n) is 5.15. The molecule has 1 amide bonds. The zero-order valence-corrected chi connectivity index (χ0v) is 23.0. The summed E-state index contributed by atoms with van der Waals surface area (Å²) >= 11 is 1.53. The summed E-state index contributed by atoms with van der Waals surface area (Å²) in [7, 11) is 0. The molecule has 0 bridgehead atoms. The number of hydrogen-bond donors (Lipinski definition) is 3. The molecule has 1 heterocycles. The number of carbonyl (C=O) groups is 2. The molecule has 1 aliphatic rings. The molecule has 4 aromatic rings. The van der Waals surface area contributed by atoms with Crippen molar-refractivity contribution in [2.45, 2.75) is 30.2 Å². The molecule has 0 unspecified atom stereocenters. The Hall–Kier alpha value is -4.23. The van der Waals surface area contributed by atoms with E-state index in [4.69, 9.17) is 0 Å². The van der Waals surface area contributed by atoms with Crippen LogP contribution in [0, 0.1) is 0 Å². The molecule has 40 heavy (non-hydrogen) atoms. The minimum Gasteiger partial charge on any atom is -0.481 e. The second kappa shape index (κ2) is 12.7. The normalized spacial score (nSPS) is 13.2. The quantitative estimate of drug-likeness (QED) is 0.164. The van der Waals surface area contributed by atoms with E-state index in [9.17, 15) is 14.7 Å². The van der Waals surface area contributed by atoms with Crippen molar-refractivity contribution in [2.24, 2.45) is 0 Å². The number of carboxylic acid groups (broad SMARTS) is 1. The number of carbonyl (C=O) groups excluding carboxylic acids is 1. The maximum atomic E-state index is 13.9. The molecule has 0 aliphatic carbocycles. The van der Waals surface area contributed by atoms with Gasteiger partial charge in [-0.05, 0) is 47.6 Å². The molecule has 6 nitrogen and oxygen atoms in total. The topological polar surface area (TPSA) is 81.7 Å². The zero-order valence-electron chi connectivity index (χ0n) is 22.2. The number of rotatable bonds is 12. The SMILES string of the molecule is O=C(O)CC1(SCCCN(C(=O)CC(c2ccccc2)c2ccccc2)c2ccccc2)Nc2ccccc2N1.